The van der Waals surface area contributed by atoms with E-state index < -0.39 is 17.7 Å². The van der Waals surface area contributed by atoms with Crippen molar-refractivity contribution in [2.24, 2.45) is 0 Å². The van der Waals surface area contributed by atoms with Gasteiger partial charge in [0.05, 0.1) is 17.3 Å². The van der Waals surface area contributed by atoms with Gasteiger partial charge in [0.15, 0.2) is 5.76 Å². The van der Waals surface area contributed by atoms with Crippen molar-refractivity contribution in [2.75, 3.05) is 33.8 Å². The van der Waals surface area contributed by atoms with Crippen molar-refractivity contribution in [3.63, 3.8) is 0 Å². The molecular weight excluding hydrogens is 456 g/mol. The summed E-state index contributed by atoms with van der Waals surface area (Å²) in [6, 6.07) is 10.3. The second-order valence-corrected chi connectivity index (χ2v) is 9.25. The average molecular weight is 489 g/mol. The van der Waals surface area contributed by atoms with E-state index in [-0.39, 0.29) is 11.3 Å². The lowest BCUT2D eigenvalue weighted by atomic mass is 9.96. The van der Waals surface area contributed by atoms with E-state index in [0.29, 0.717) is 47.9 Å². The number of amides is 1. The highest BCUT2D eigenvalue weighted by Crippen LogP contribution is 2.40. The largest absolute Gasteiger partial charge is 0.505 e. The third kappa shape index (κ3) is 4.64. The summed E-state index contributed by atoms with van der Waals surface area (Å²) in [5.74, 6) is -1.03. The summed E-state index contributed by atoms with van der Waals surface area (Å²) >= 11 is 0. The quantitative estimate of drug-likeness (QED) is 0.213. The molecule has 1 saturated heterocycles. The number of hydrogen-bond acceptors (Lipinski definition) is 6. The third-order valence-corrected chi connectivity index (χ3v) is 6.39. The van der Waals surface area contributed by atoms with Gasteiger partial charge in [-0.25, -0.2) is 4.98 Å². The summed E-state index contributed by atoms with van der Waals surface area (Å²) in [7, 11) is 3.92. The minimum atomic E-state index is -0.759. The van der Waals surface area contributed by atoms with Crippen molar-refractivity contribution in [3.8, 4) is 5.75 Å². The normalized spacial score (nSPS) is 17.4. The van der Waals surface area contributed by atoms with E-state index in [1.54, 1.807) is 23.1 Å². The average Bonchev–Trinajstić information content (AvgIpc) is 3.32. The molecule has 0 saturated carbocycles. The van der Waals surface area contributed by atoms with Crippen LogP contribution in [0.3, 0.4) is 0 Å². The molecule has 1 unspecified atom stereocenters. The highest BCUT2D eigenvalue weighted by molar-refractivity contribution is 6.46. The van der Waals surface area contributed by atoms with Gasteiger partial charge in [-0.1, -0.05) is 30.9 Å². The van der Waals surface area contributed by atoms with E-state index in [1.165, 1.54) is 0 Å². The molecule has 1 atom stereocenters. The predicted octanol–water partition coefficient (Wildman–Crippen LogP) is 3.89. The van der Waals surface area contributed by atoms with Crippen LogP contribution in [-0.2, 0) is 9.59 Å². The third-order valence-electron chi connectivity index (χ3n) is 6.39. The number of aryl methyl sites for hydroxylation is 2. The molecule has 8 nitrogen and oxygen atoms in total. The van der Waals surface area contributed by atoms with Crippen LogP contribution in [0.25, 0.3) is 11.4 Å². The summed E-state index contributed by atoms with van der Waals surface area (Å²) < 4.78 is 7.57. The Hall–Kier alpha value is -3.91. The second kappa shape index (κ2) is 10.4. The molecule has 1 amide bonds. The number of Topliss-reactive ketones (excluding diaryl/α,β-unsaturated/α-hetero) is 1. The zero-order valence-electron chi connectivity index (χ0n) is 21.2. The molecule has 3 heterocycles. The van der Waals surface area contributed by atoms with Crippen molar-refractivity contribution in [1.29, 1.82) is 0 Å². The number of carbonyl (C=O) groups excluding carboxylic acids is 2. The van der Waals surface area contributed by atoms with Gasteiger partial charge in [-0.15, -0.1) is 0 Å². The lowest BCUT2D eigenvalue weighted by Gasteiger charge is -2.26. The van der Waals surface area contributed by atoms with Crippen molar-refractivity contribution >= 4 is 23.1 Å². The molecule has 2 aromatic heterocycles. The van der Waals surface area contributed by atoms with E-state index in [1.807, 2.05) is 67.7 Å². The smallest absolute Gasteiger partial charge is 0.295 e. The number of carbonyl (C=O) groups is 2. The Kier molecular flexibility index (Phi) is 7.26. The zero-order chi connectivity index (χ0) is 26.0. The number of imidazole rings is 1. The Balaban J connectivity index is 1.86. The molecule has 1 fully saturated rings. The first kappa shape index (κ1) is 25.2. The first-order chi connectivity index (χ1) is 17.2. The van der Waals surface area contributed by atoms with Crippen LogP contribution in [0.2, 0.25) is 0 Å². The Bertz CT molecular complexity index is 1350. The van der Waals surface area contributed by atoms with Crippen molar-refractivity contribution in [3.05, 3.63) is 83.3 Å². The summed E-state index contributed by atoms with van der Waals surface area (Å²) in [4.78, 5) is 34.8. The van der Waals surface area contributed by atoms with E-state index >= 15 is 0 Å². The fraction of sp³-hybridized carbons (Fsp3) is 0.321. The van der Waals surface area contributed by atoms with Crippen LogP contribution in [0, 0.1) is 13.8 Å². The molecule has 36 heavy (non-hydrogen) atoms. The maximum atomic E-state index is 13.4. The lowest BCUT2D eigenvalue weighted by molar-refractivity contribution is -0.139. The number of rotatable bonds is 9. The molecule has 1 aromatic carbocycles. The van der Waals surface area contributed by atoms with E-state index in [2.05, 4.69) is 11.6 Å². The van der Waals surface area contributed by atoms with Gasteiger partial charge >= 0.3 is 0 Å². The minimum absolute atomic E-state index is 0.0369. The first-order valence-corrected chi connectivity index (χ1v) is 12.0. The van der Waals surface area contributed by atoms with Crippen molar-refractivity contribution in [1.82, 2.24) is 19.2 Å². The van der Waals surface area contributed by atoms with Gasteiger partial charge in [0.25, 0.3) is 11.7 Å². The first-order valence-electron chi connectivity index (χ1n) is 12.0. The molecule has 0 radical (unpaired) electrons. The van der Waals surface area contributed by atoms with Gasteiger partial charge in [-0.2, -0.15) is 0 Å². The molecule has 1 N–H and O–H groups in total. The molecule has 188 valence electrons. The van der Waals surface area contributed by atoms with E-state index in [4.69, 9.17) is 4.74 Å². The number of ketones is 1. The number of fused-ring (bicyclic) bond motifs is 1. The Morgan fingerprint density at radius 3 is 2.69 bits per heavy atom. The molecule has 1 aliphatic heterocycles. The maximum absolute atomic E-state index is 13.4. The van der Waals surface area contributed by atoms with E-state index in [9.17, 15) is 14.7 Å². The number of aliphatic hydroxyl groups excluding tert-OH is 1. The van der Waals surface area contributed by atoms with Crippen LogP contribution in [0.15, 0.2) is 60.8 Å². The summed E-state index contributed by atoms with van der Waals surface area (Å²) in [6.45, 7) is 8.89. The summed E-state index contributed by atoms with van der Waals surface area (Å²) in [5, 5.41) is 11.5. The van der Waals surface area contributed by atoms with Crippen LogP contribution >= 0.6 is 0 Å². The highest BCUT2D eigenvalue weighted by atomic mass is 16.5. The highest BCUT2D eigenvalue weighted by Gasteiger charge is 2.46. The second-order valence-electron chi connectivity index (χ2n) is 9.25. The fourth-order valence-corrected chi connectivity index (χ4v) is 4.62. The molecule has 8 heteroatoms. The molecular formula is C28H32N4O4. The Morgan fingerprint density at radius 1 is 1.22 bits per heavy atom. The van der Waals surface area contributed by atoms with Crippen LogP contribution in [-0.4, -0.2) is 69.8 Å². The molecule has 4 rings (SSSR count). The summed E-state index contributed by atoms with van der Waals surface area (Å²) in [5.41, 5.74) is 3.32. The Morgan fingerprint density at radius 2 is 2.00 bits per heavy atom. The van der Waals surface area contributed by atoms with Crippen LogP contribution in [0.1, 0.15) is 35.0 Å². The molecule has 0 spiro atoms. The van der Waals surface area contributed by atoms with Crippen LogP contribution in [0.4, 0.5) is 0 Å². The van der Waals surface area contributed by atoms with E-state index in [0.717, 1.165) is 12.1 Å². The van der Waals surface area contributed by atoms with Crippen molar-refractivity contribution in [2.45, 2.75) is 26.3 Å². The van der Waals surface area contributed by atoms with Crippen LogP contribution in [0.5, 0.6) is 5.75 Å². The van der Waals surface area contributed by atoms with Gasteiger partial charge in [0.2, 0.25) is 0 Å². The number of hydrogen-bond donors (Lipinski definition) is 1. The fourth-order valence-electron chi connectivity index (χ4n) is 4.62. The zero-order valence-corrected chi connectivity index (χ0v) is 21.2. The standard InChI is InChI=1S/C28H32N4O4/c1-6-16-36-21-12-7-11-20(17-21)24-22(26(34)28(35)32(24)15-9-13-30(4)5)25(33)23-19(3)31-14-8-10-18(2)27(31)29-23/h6-8,10-12,14,17,24,33H,1,9,13,15-16H2,2-5H3. The number of aromatic nitrogens is 2. The van der Waals surface area contributed by atoms with Gasteiger partial charge < -0.3 is 24.0 Å². The monoisotopic (exact) mass is 488 g/mol. The Labute approximate surface area is 211 Å². The molecule has 3 aromatic rings. The number of likely N-dealkylation sites (tertiary alicyclic amines) is 1. The minimum Gasteiger partial charge on any atom is -0.505 e. The number of nitrogens with zero attached hydrogens (tertiary/aromatic N) is 4. The molecule has 0 aliphatic carbocycles. The molecule has 1 aliphatic rings. The SMILES string of the molecule is C=CCOc1cccc(C2C(=C(O)c3nc4c(C)cccn4c3C)C(=O)C(=O)N2CCCN(C)C)c1. The summed E-state index contributed by atoms with van der Waals surface area (Å²) in [6.07, 6.45) is 4.18. The van der Waals surface area contributed by atoms with Gasteiger partial charge in [-0.3, -0.25) is 9.59 Å². The lowest BCUT2D eigenvalue weighted by Crippen LogP contribution is -2.32. The molecule has 0 bridgehead atoms. The maximum Gasteiger partial charge on any atom is 0.295 e. The number of pyridine rings is 1. The topological polar surface area (TPSA) is 87.4 Å². The van der Waals surface area contributed by atoms with Crippen molar-refractivity contribution < 1.29 is 19.4 Å². The number of ether oxygens (including phenoxy) is 1. The predicted molar refractivity (Wildman–Crippen MR) is 139 cm³/mol. The van der Waals surface area contributed by atoms with Gasteiger partial charge in [0.1, 0.15) is 23.7 Å². The van der Waals surface area contributed by atoms with Gasteiger partial charge in [0, 0.05) is 12.7 Å². The van der Waals surface area contributed by atoms with Crippen LogP contribution < -0.4 is 4.74 Å². The number of benzene rings is 1. The number of aliphatic hydroxyl groups is 1. The van der Waals surface area contributed by atoms with Gasteiger partial charge in [-0.05, 0) is 70.2 Å².